The van der Waals surface area contributed by atoms with Crippen molar-refractivity contribution in [2.24, 2.45) is 5.92 Å². The first kappa shape index (κ1) is 25.6. The number of benzene rings is 3. The molecule has 2 heterocycles. The summed E-state index contributed by atoms with van der Waals surface area (Å²) in [5.74, 6) is 0.121. The molecule has 4 atom stereocenters. The SMILES string of the molecule is C[C@@]1(O)C[C@@]2(Cc3ccccc3)c3cc4c(cc3CC[C@@H]2C[C@@]1(O)c1ccccc1)c(=O)[nH]c1ccc(Br)nc14. The predicted octanol–water partition coefficient (Wildman–Crippen LogP) is 6.31. The highest BCUT2D eigenvalue weighted by Crippen LogP contribution is 2.60. The maximum Gasteiger partial charge on any atom is 0.256 e. The van der Waals surface area contributed by atoms with E-state index in [-0.39, 0.29) is 11.5 Å². The second-order valence-electron chi connectivity index (χ2n) is 12.0. The number of hydrogen-bond donors (Lipinski definition) is 3. The van der Waals surface area contributed by atoms with Crippen molar-refractivity contribution >= 4 is 37.7 Å². The summed E-state index contributed by atoms with van der Waals surface area (Å²) in [7, 11) is 0. The van der Waals surface area contributed by atoms with Crippen molar-refractivity contribution in [3.8, 4) is 0 Å². The number of aliphatic hydroxyl groups is 2. The largest absolute Gasteiger partial charge is 0.387 e. The summed E-state index contributed by atoms with van der Waals surface area (Å²) < 4.78 is 0.705. The maximum absolute atomic E-state index is 13.2. The van der Waals surface area contributed by atoms with Crippen molar-refractivity contribution in [2.45, 2.75) is 55.6 Å². The molecule has 2 aliphatic rings. The first-order valence-corrected chi connectivity index (χ1v) is 14.7. The Morgan fingerprint density at radius 1 is 0.975 bits per heavy atom. The Bertz CT molecular complexity index is 1820. The lowest BCUT2D eigenvalue weighted by molar-refractivity contribution is -0.204. The van der Waals surface area contributed by atoms with Crippen LogP contribution in [0.4, 0.5) is 0 Å². The van der Waals surface area contributed by atoms with E-state index in [0.717, 1.165) is 46.9 Å². The lowest BCUT2D eigenvalue weighted by Gasteiger charge is -2.59. The van der Waals surface area contributed by atoms with Crippen LogP contribution in [0.25, 0.3) is 21.8 Å². The summed E-state index contributed by atoms with van der Waals surface area (Å²) in [6.45, 7) is 1.79. The van der Waals surface area contributed by atoms with Crippen LogP contribution in [-0.4, -0.2) is 25.8 Å². The van der Waals surface area contributed by atoms with Gasteiger partial charge < -0.3 is 15.2 Å². The van der Waals surface area contributed by atoms with E-state index in [2.05, 4.69) is 51.2 Å². The van der Waals surface area contributed by atoms with Gasteiger partial charge in [-0.1, -0.05) is 60.7 Å². The third-order valence-electron chi connectivity index (χ3n) is 9.64. The molecular weight excluding hydrogens is 564 g/mol. The quantitative estimate of drug-likeness (QED) is 0.169. The summed E-state index contributed by atoms with van der Waals surface area (Å²) in [5.41, 5.74) is 2.36. The number of nitrogens with zero attached hydrogens (tertiary/aromatic N) is 1. The standard InChI is InChI=1S/C34H31BrN2O3/c1-32(39)20-33(18-21-8-4-2-5-9-21)24(19-34(32,40)23-10-6-3-7-11-23)13-12-22-16-26-25(17-27(22)33)30-28(36-31(26)38)14-15-29(35)37-30/h2-11,14-17,24,39-40H,12-13,18-20H2,1H3,(H,36,38)/t24-,32-,33-,34-/m1/s1. The van der Waals surface area contributed by atoms with E-state index in [1.54, 1.807) is 6.92 Å². The minimum absolute atomic E-state index is 0.121. The van der Waals surface area contributed by atoms with Crippen molar-refractivity contribution in [3.63, 3.8) is 0 Å². The molecule has 1 saturated carbocycles. The molecule has 0 bridgehead atoms. The second-order valence-corrected chi connectivity index (χ2v) is 12.8. The van der Waals surface area contributed by atoms with Gasteiger partial charge in [-0.2, -0.15) is 0 Å². The number of hydrogen-bond acceptors (Lipinski definition) is 4. The number of halogens is 1. The Morgan fingerprint density at radius 2 is 1.70 bits per heavy atom. The number of nitrogens with one attached hydrogen (secondary N) is 1. The molecule has 3 N–H and O–H groups in total. The van der Waals surface area contributed by atoms with Gasteiger partial charge in [-0.05, 0) is 107 Å². The Kier molecular flexibility index (Phi) is 5.83. The van der Waals surface area contributed by atoms with E-state index in [1.807, 2.05) is 54.6 Å². The molecule has 2 aliphatic carbocycles. The van der Waals surface area contributed by atoms with Crippen LogP contribution in [0.1, 0.15) is 48.4 Å². The highest BCUT2D eigenvalue weighted by Gasteiger charge is 2.61. The molecule has 5 nitrogen and oxygen atoms in total. The van der Waals surface area contributed by atoms with Gasteiger partial charge in [-0.15, -0.1) is 0 Å². The molecule has 6 heteroatoms. The summed E-state index contributed by atoms with van der Waals surface area (Å²) in [5, 5.41) is 25.9. The van der Waals surface area contributed by atoms with E-state index in [9.17, 15) is 15.0 Å². The number of aryl methyl sites for hydroxylation is 1. The zero-order chi connectivity index (χ0) is 27.7. The fraction of sp³-hybridized carbons (Fsp3) is 0.294. The van der Waals surface area contributed by atoms with Crippen LogP contribution in [0, 0.1) is 5.92 Å². The van der Waals surface area contributed by atoms with Gasteiger partial charge in [0.15, 0.2) is 0 Å². The Balaban J connectivity index is 1.49. The molecule has 5 aromatic rings. The summed E-state index contributed by atoms with van der Waals surface area (Å²) in [6, 6.07) is 28.0. The monoisotopic (exact) mass is 594 g/mol. The smallest absolute Gasteiger partial charge is 0.256 e. The maximum atomic E-state index is 13.2. The molecule has 0 radical (unpaired) electrons. The minimum Gasteiger partial charge on any atom is -0.387 e. The molecule has 0 amide bonds. The van der Waals surface area contributed by atoms with E-state index >= 15 is 0 Å². The zero-order valence-electron chi connectivity index (χ0n) is 22.3. The van der Waals surface area contributed by atoms with Gasteiger partial charge in [-0.25, -0.2) is 4.98 Å². The number of pyridine rings is 2. The molecule has 202 valence electrons. The minimum atomic E-state index is -1.39. The number of rotatable bonds is 3. The van der Waals surface area contributed by atoms with Crippen LogP contribution in [0.5, 0.6) is 0 Å². The van der Waals surface area contributed by atoms with E-state index in [1.165, 1.54) is 5.56 Å². The molecule has 0 unspecified atom stereocenters. The van der Waals surface area contributed by atoms with Gasteiger partial charge in [0, 0.05) is 16.2 Å². The molecule has 0 saturated heterocycles. The number of aromatic nitrogens is 2. The molecule has 40 heavy (non-hydrogen) atoms. The lowest BCUT2D eigenvalue weighted by Crippen LogP contribution is -2.62. The number of fused-ring (bicyclic) bond motifs is 6. The van der Waals surface area contributed by atoms with Crippen LogP contribution in [0.3, 0.4) is 0 Å². The molecule has 3 aromatic carbocycles. The molecule has 7 rings (SSSR count). The van der Waals surface area contributed by atoms with Crippen LogP contribution >= 0.6 is 15.9 Å². The van der Waals surface area contributed by atoms with Gasteiger partial charge in [0.1, 0.15) is 10.2 Å². The van der Waals surface area contributed by atoms with E-state index < -0.39 is 16.6 Å². The van der Waals surface area contributed by atoms with Gasteiger partial charge >= 0.3 is 0 Å². The van der Waals surface area contributed by atoms with Crippen LogP contribution in [0.15, 0.2) is 94.3 Å². The average molecular weight is 596 g/mol. The van der Waals surface area contributed by atoms with E-state index in [4.69, 9.17) is 4.98 Å². The molecular formula is C34H31BrN2O3. The Labute approximate surface area is 241 Å². The topological polar surface area (TPSA) is 86.2 Å². The zero-order valence-corrected chi connectivity index (χ0v) is 23.9. The normalized spacial score (nSPS) is 27.9. The van der Waals surface area contributed by atoms with Crippen molar-refractivity contribution in [1.29, 1.82) is 0 Å². The number of aromatic amines is 1. The third-order valence-corrected chi connectivity index (χ3v) is 10.1. The number of H-pyrrole nitrogens is 1. The molecule has 0 aliphatic heterocycles. The van der Waals surface area contributed by atoms with Gasteiger partial charge in [0.05, 0.1) is 16.6 Å². The second kappa shape index (κ2) is 9.10. The molecule has 1 fully saturated rings. The lowest BCUT2D eigenvalue weighted by atomic mass is 9.48. The van der Waals surface area contributed by atoms with Crippen molar-refractivity contribution in [1.82, 2.24) is 9.97 Å². The summed E-state index contributed by atoms with van der Waals surface area (Å²) in [4.78, 5) is 20.9. The van der Waals surface area contributed by atoms with Crippen molar-refractivity contribution in [3.05, 3.63) is 122 Å². The highest BCUT2D eigenvalue weighted by molar-refractivity contribution is 9.10. The van der Waals surface area contributed by atoms with Crippen molar-refractivity contribution < 1.29 is 10.2 Å². The fourth-order valence-electron chi connectivity index (χ4n) is 7.73. The first-order valence-electron chi connectivity index (χ1n) is 13.9. The third kappa shape index (κ3) is 3.80. The fourth-order valence-corrected chi connectivity index (χ4v) is 8.04. The molecule has 2 aromatic heterocycles. The Morgan fingerprint density at radius 3 is 2.45 bits per heavy atom. The van der Waals surface area contributed by atoms with Gasteiger partial charge in [0.2, 0.25) is 0 Å². The Hall–Kier alpha value is -3.32. The van der Waals surface area contributed by atoms with Crippen LogP contribution < -0.4 is 5.56 Å². The van der Waals surface area contributed by atoms with Gasteiger partial charge in [0.25, 0.3) is 5.56 Å². The summed E-state index contributed by atoms with van der Waals surface area (Å²) in [6.07, 6.45) is 3.25. The van der Waals surface area contributed by atoms with Crippen LogP contribution in [-0.2, 0) is 23.9 Å². The van der Waals surface area contributed by atoms with Gasteiger partial charge in [-0.3, -0.25) is 4.79 Å². The van der Waals surface area contributed by atoms with E-state index in [0.29, 0.717) is 28.3 Å². The average Bonchev–Trinajstić information content (AvgIpc) is 2.95. The predicted molar refractivity (Wildman–Crippen MR) is 161 cm³/mol. The van der Waals surface area contributed by atoms with Crippen LogP contribution in [0.2, 0.25) is 0 Å². The highest BCUT2D eigenvalue weighted by atomic mass is 79.9. The summed E-state index contributed by atoms with van der Waals surface area (Å²) >= 11 is 3.51. The van der Waals surface area contributed by atoms with Crippen molar-refractivity contribution in [2.75, 3.05) is 0 Å². The first-order chi connectivity index (χ1) is 19.2. The molecule has 0 spiro atoms.